The number of aromatic nitrogens is 1. The maximum absolute atomic E-state index is 15.0. The maximum atomic E-state index is 15.0. The summed E-state index contributed by atoms with van der Waals surface area (Å²) in [6.07, 6.45) is 6.66. The number of unbranched alkanes of at least 4 members (excludes halogenated alkanes) is 5. The van der Waals surface area contributed by atoms with Crippen molar-refractivity contribution in [2.45, 2.75) is 322 Å². The summed E-state index contributed by atoms with van der Waals surface area (Å²) in [5.41, 5.74) is 41.6. The number of fused-ring (bicyclic) bond motifs is 1. The van der Waals surface area contributed by atoms with Crippen LogP contribution in [-0.2, 0) is 83.1 Å². The van der Waals surface area contributed by atoms with Gasteiger partial charge in [-0.1, -0.05) is 121 Å². The average Bonchev–Trinajstić information content (AvgIpc) is 1.77. The number of aromatic amines is 1. The van der Waals surface area contributed by atoms with E-state index in [9.17, 15) is 82.1 Å². The molecule has 1 aromatic heterocycles. The Kier molecular flexibility index (Phi) is 55.5. The molecule has 32 N–H and O–H groups in total. The van der Waals surface area contributed by atoms with Crippen molar-refractivity contribution in [3.05, 3.63) is 36.0 Å². The molecular formula is C88H157N23O18. The number of nitrogens with two attached hydrogens (primary N) is 7. The van der Waals surface area contributed by atoms with Crippen LogP contribution in [0.4, 0.5) is 0 Å². The fourth-order valence-corrected chi connectivity index (χ4v) is 14.3. The van der Waals surface area contributed by atoms with Crippen LogP contribution in [0.25, 0.3) is 10.9 Å². The minimum atomic E-state index is -1.84. The van der Waals surface area contributed by atoms with Crippen LogP contribution in [0.1, 0.15) is 230 Å². The van der Waals surface area contributed by atoms with Crippen molar-refractivity contribution in [2.24, 2.45) is 75.6 Å². The molecule has 1 heterocycles. The Morgan fingerprint density at radius 1 is 0.318 bits per heavy atom. The van der Waals surface area contributed by atoms with Gasteiger partial charge in [-0.05, 0) is 202 Å². The van der Waals surface area contributed by atoms with Crippen LogP contribution in [-0.4, -0.2) is 253 Å². The normalized spacial score (nSPS) is 15.7. The molecule has 0 radical (unpaired) electrons. The van der Waals surface area contributed by atoms with Gasteiger partial charge in [-0.15, -0.1) is 0 Å². The summed E-state index contributed by atoms with van der Waals surface area (Å²) in [4.78, 5) is 230. The van der Waals surface area contributed by atoms with E-state index in [0.29, 0.717) is 93.6 Å². The van der Waals surface area contributed by atoms with Gasteiger partial charge in [0.2, 0.25) is 94.5 Å². The Morgan fingerprint density at radius 2 is 0.589 bits per heavy atom. The van der Waals surface area contributed by atoms with Crippen LogP contribution in [0.2, 0.25) is 0 Å². The highest BCUT2D eigenvalue weighted by atomic mass is 16.3. The molecular weight excluding hydrogens is 1670 g/mol. The number of benzene rings is 1. The van der Waals surface area contributed by atoms with Crippen molar-refractivity contribution in [3.63, 3.8) is 0 Å². The number of aliphatic hydroxyl groups excluding tert-OH is 2. The quantitative estimate of drug-likeness (QED) is 0.0301. The number of carbonyl (C=O) groups excluding carboxylic acids is 16. The molecule has 0 saturated carbocycles. The van der Waals surface area contributed by atoms with E-state index in [1.165, 1.54) is 6.92 Å². The molecule has 129 heavy (non-hydrogen) atoms. The number of aliphatic hydroxyl groups is 2. The molecule has 0 aliphatic carbocycles. The van der Waals surface area contributed by atoms with Crippen molar-refractivity contribution in [1.82, 2.24) is 84.7 Å². The van der Waals surface area contributed by atoms with Gasteiger partial charge in [-0.25, -0.2) is 0 Å². The first kappa shape index (κ1) is 115. The molecule has 18 atom stereocenters. The summed E-state index contributed by atoms with van der Waals surface area (Å²) < 4.78 is 0. The van der Waals surface area contributed by atoms with Crippen LogP contribution < -0.4 is 120 Å². The topological polar surface area (TPSA) is 692 Å². The predicted molar refractivity (Wildman–Crippen MR) is 490 cm³/mol. The number of carbonyl (C=O) groups is 16. The molecule has 0 saturated heterocycles. The molecule has 0 spiro atoms. The molecule has 0 bridgehead atoms. The highest BCUT2D eigenvalue weighted by molar-refractivity contribution is 6.01. The van der Waals surface area contributed by atoms with Crippen molar-refractivity contribution >= 4 is 105 Å². The largest absolute Gasteiger partial charge is 0.394 e. The molecule has 0 fully saturated rings. The Hall–Kier alpha value is -10.0. The van der Waals surface area contributed by atoms with Crippen LogP contribution in [0.15, 0.2) is 30.5 Å². The standard InChI is InChI=1S/C88H157N23O18/c1-14-52(10)71(109-70(114)45-94)87(128)106-66(43-51(8)9)82(123)107-69(48-113)85(126)108-68(47-112)84(125)105-67(44-56-46-96-58-30-18-17-29-57(56)58)83(124)104-65(42-50(6)7)81(122)102-60(32-20-25-37-90)76(117)99-62(34-22-27-39-92)78(119)103-64(41-49(4)5)80(121)101-61(33-21-26-38-91)77(118)100-63(35-23-28-40-93)79(120)110-73(54(12)16-3)88(129)111-72(53(11)15-2)86(127)97-55(13)75(116)98-59(74(95)115)31-19-24-36-89/h17-18,29-30,46,49-55,59-69,71-73,96,112-113H,14-16,19-28,31-45,47-48,89-94H2,1-13H3,(H2,95,115)(H,97,127)(H,98,116)(H,99,117)(H,100,118)(H,101,121)(H,102,122)(H,103,119)(H,104,124)(H,105,125)(H,106,128)(H,107,123)(H,108,126)(H,109,114)(H,110,120)(H,111,129)/t52-,53-,54-,55-,59-,60-,61-,62-,63-,64-,65-,66-,67-,68-,69-,71-,72-,73-/m0/s1. The first-order valence-electron chi connectivity index (χ1n) is 46.0. The third kappa shape index (κ3) is 41.7. The van der Waals surface area contributed by atoms with E-state index in [1.54, 1.807) is 114 Å². The van der Waals surface area contributed by atoms with Crippen LogP contribution >= 0.6 is 0 Å². The van der Waals surface area contributed by atoms with Crippen molar-refractivity contribution in [3.8, 4) is 0 Å². The van der Waals surface area contributed by atoms with Crippen LogP contribution in [0.3, 0.4) is 0 Å². The number of para-hydroxylation sites is 1. The SMILES string of the molecule is CC[C@H](C)[C@H](NC(=O)CN)C(=O)N[C@@H](CC(C)C)C(=O)N[C@@H](CO)C(=O)N[C@@H](CO)C(=O)N[C@@H](Cc1c[nH]c2ccccc12)C(=O)N[C@@H](CC(C)C)C(=O)N[C@@H](CCCCN)C(=O)N[C@@H](CCCCN)C(=O)N[C@@H](CC(C)C)C(=O)N[C@@H](CCCCN)C(=O)N[C@@H](CCCCN)C(=O)N[C@H](C(=O)N[C@H](C(=O)N[C@@H](C)C(=O)N[C@@H](CCCCN)C(N)=O)[C@@H](C)CC)[C@@H](C)CC. The van der Waals surface area contributed by atoms with E-state index >= 15 is 4.79 Å². The van der Waals surface area contributed by atoms with E-state index < -0.39 is 223 Å². The third-order valence-electron chi connectivity index (χ3n) is 22.6. The van der Waals surface area contributed by atoms with E-state index in [1.807, 2.05) is 0 Å². The lowest BCUT2D eigenvalue weighted by atomic mass is 9.94. The van der Waals surface area contributed by atoms with Gasteiger partial charge in [0.05, 0.1) is 19.8 Å². The summed E-state index contributed by atoms with van der Waals surface area (Å²) in [7, 11) is 0. The molecule has 16 amide bonds. The lowest BCUT2D eigenvalue weighted by molar-refractivity contribution is -0.137. The van der Waals surface area contributed by atoms with Gasteiger partial charge in [0.15, 0.2) is 0 Å². The minimum absolute atomic E-state index is 0.00309. The minimum Gasteiger partial charge on any atom is -0.394 e. The lowest BCUT2D eigenvalue weighted by Gasteiger charge is -2.31. The summed E-state index contributed by atoms with van der Waals surface area (Å²) in [6, 6.07) is -13.4. The van der Waals surface area contributed by atoms with E-state index in [2.05, 4.69) is 84.7 Å². The Bertz CT molecular complexity index is 3850. The van der Waals surface area contributed by atoms with Gasteiger partial charge in [0.25, 0.3) is 0 Å². The third-order valence-corrected chi connectivity index (χ3v) is 22.6. The van der Waals surface area contributed by atoms with Crippen molar-refractivity contribution in [1.29, 1.82) is 0 Å². The molecule has 41 nitrogen and oxygen atoms in total. The van der Waals surface area contributed by atoms with E-state index in [-0.39, 0.29) is 115 Å². The van der Waals surface area contributed by atoms with E-state index in [0.717, 1.165) is 0 Å². The highest BCUT2D eigenvalue weighted by Gasteiger charge is 2.41. The van der Waals surface area contributed by atoms with Crippen molar-refractivity contribution in [2.75, 3.05) is 52.5 Å². The van der Waals surface area contributed by atoms with E-state index in [4.69, 9.17) is 40.1 Å². The summed E-state index contributed by atoms with van der Waals surface area (Å²) in [5.74, 6) is -15.5. The summed E-state index contributed by atoms with van der Waals surface area (Å²) >= 11 is 0. The molecule has 0 aliphatic heterocycles. The van der Waals surface area contributed by atoms with Crippen molar-refractivity contribution < 1.29 is 86.9 Å². The predicted octanol–water partition coefficient (Wildman–Crippen LogP) is -2.65. The van der Waals surface area contributed by atoms with Crippen LogP contribution in [0, 0.1) is 35.5 Å². The molecule has 732 valence electrons. The van der Waals surface area contributed by atoms with Gasteiger partial charge in [0.1, 0.15) is 90.6 Å². The molecule has 1 aromatic carbocycles. The number of nitrogens with one attached hydrogen (secondary N) is 16. The molecule has 41 heteroatoms. The maximum Gasteiger partial charge on any atom is 0.245 e. The van der Waals surface area contributed by atoms with Gasteiger partial charge >= 0.3 is 0 Å². The first-order valence-corrected chi connectivity index (χ1v) is 46.0. The second kappa shape index (κ2) is 62.3. The first-order chi connectivity index (χ1) is 61.2. The average molecular weight is 1830 g/mol. The molecule has 0 unspecified atom stereocenters. The highest BCUT2D eigenvalue weighted by Crippen LogP contribution is 2.22. The molecule has 2 rings (SSSR count). The monoisotopic (exact) mass is 1820 g/mol. The summed E-state index contributed by atoms with van der Waals surface area (Å²) in [6.45, 7) is 21.3. The number of H-pyrrole nitrogens is 1. The zero-order valence-electron chi connectivity index (χ0n) is 78.2. The van der Waals surface area contributed by atoms with Gasteiger partial charge in [-0.2, -0.15) is 0 Å². The smallest absolute Gasteiger partial charge is 0.245 e. The Balaban J connectivity index is 2.61. The second-order valence-electron chi connectivity index (χ2n) is 34.9. The Labute approximate surface area is 759 Å². The fraction of sp³-hybridized carbons (Fsp3) is 0.727. The number of primary amides is 1. The summed E-state index contributed by atoms with van der Waals surface area (Å²) in [5, 5.41) is 62.0. The van der Waals surface area contributed by atoms with Gasteiger partial charge in [0, 0.05) is 23.5 Å². The number of hydrogen-bond acceptors (Lipinski definition) is 24. The lowest BCUT2D eigenvalue weighted by Crippen LogP contribution is -2.62. The van der Waals surface area contributed by atoms with Gasteiger partial charge in [-0.3, -0.25) is 76.7 Å². The van der Waals surface area contributed by atoms with Crippen LogP contribution in [0.5, 0.6) is 0 Å². The number of hydrogen-bond donors (Lipinski definition) is 25. The fourth-order valence-electron chi connectivity index (χ4n) is 14.3. The zero-order chi connectivity index (χ0) is 97.2. The molecule has 2 aromatic rings. The number of amides is 16. The molecule has 0 aliphatic rings. The number of rotatable bonds is 67. The van der Waals surface area contributed by atoms with Gasteiger partial charge < -0.3 is 135 Å². The Morgan fingerprint density at radius 3 is 0.930 bits per heavy atom. The zero-order valence-corrected chi connectivity index (χ0v) is 78.2. The second-order valence-corrected chi connectivity index (χ2v) is 34.9.